The molecule has 22 heavy (non-hydrogen) atoms. The molecule has 0 fully saturated rings. The van der Waals surface area contributed by atoms with Crippen molar-refractivity contribution in [1.82, 2.24) is 25.0 Å². The standard InChI is InChI=1S/C15H14N6O/c1-21-12-8-9(5-6-10(12)15(20-21)22-2)17-14-13-11(18-19-14)4-3-7-16-13/h3-8H,1-2H3,(H2,17,18,19). The Hall–Kier alpha value is -3.09. The van der Waals surface area contributed by atoms with Crippen LogP contribution in [0.15, 0.2) is 36.5 Å². The lowest BCUT2D eigenvalue weighted by Gasteiger charge is -2.04. The van der Waals surface area contributed by atoms with Crippen LogP contribution in [0.4, 0.5) is 11.5 Å². The van der Waals surface area contributed by atoms with Crippen LogP contribution in [0.1, 0.15) is 0 Å². The zero-order valence-electron chi connectivity index (χ0n) is 12.2. The number of methoxy groups -OCH3 is 1. The molecule has 0 radical (unpaired) electrons. The van der Waals surface area contributed by atoms with Gasteiger partial charge in [-0.1, -0.05) is 0 Å². The minimum atomic E-state index is 0.621. The zero-order valence-corrected chi connectivity index (χ0v) is 12.2. The maximum absolute atomic E-state index is 5.27. The van der Waals surface area contributed by atoms with Crippen LogP contribution in [0, 0.1) is 0 Å². The third-order valence-corrected chi connectivity index (χ3v) is 3.59. The van der Waals surface area contributed by atoms with E-state index >= 15 is 0 Å². The Balaban J connectivity index is 1.77. The van der Waals surface area contributed by atoms with Crippen molar-refractivity contribution >= 4 is 33.4 Å². The molecule has 0 unspecified atom stereocenters. The second kappa shape index (κ2) is 4.73. The topological polar surface area (TPSA) is 80.6 Å². The van der Waals surface area contributed by atoms with Crippen LogP contribution in [0.2, 0.25) is 0 Å². The maximum Gasteiger partial charge on any atom is 0.240 e. The molecule has 0 aliphatic heterocycles. The molecule has 3 heterocycles. The van der Waals surface area contributed by atoms with Crippen LogP contribution in [-0.4, -0.2) is 32.1 Å². The Morgan fingerprint density at radius 3 is 3.05 bits per heavy atom. The number of benzene rings is 1. The predicted octanol–water partition coefficient (Wildman–Crippen LogP) is 2.60. The van der Waals surface area contributed by atoms with Crippen molar-refractivity contribution in [2.45, 2.75) is 0 Å². The number of hydrogen-bond donors (Lipinski definition) is 2. The van der Waals surface area contributed by atoms with E-state index in [1.807, 2.05) is 37.4 Å². The number of pyridine rings is 1. The third kappa shape index (κ3) is 1.86. The molecule has 0 aliphatic rings. The van der Waals surface area contributed by atoms with Gasteiger partial charge in [0.25, 0.3) is 0 Å². The van der Waals surface area contributed by atoms with Gasteiger partial charge in [-0.25, -0.2) is 0 Å². The molecule has 0 bridgehead atoms. The van der Waals surface area contributed by atoms with Gasteiger partial charge in [0.15, 0.2) is 5.82 Å². The summed E-state index contributed by atoms with van der Waals surface area (Å²) >= 11 is 0. The number of anilines is 2. The number of hydrogen-bond acceptors (Lipinski definition) is 5. The fourth-order valence-corrected chi connectivity index (χ4v) is 2.53. The number of fused-ring (bicyclic) bond motifs is 2. The van der Waals surface area contributed by atoms with Crippen molar-refractivity contribution in [3.05, 3.63) is 36.5 Å². The summed E-state index contributed by atoms with van der Waals surface area (Å²) in [5.41, 5.74) is 3.60. The molecule has 0 spiro atoms. The zero-order chi connectivity index (χ0) is 15.1. The maximum atomic E-state index is 5.27. The highest BCUT2D eigenvalue weighted by atomic mass is 16.5. The summed E-state index contributed by atoms with van der Waals surface area (Å²) in [5.74, 6) is 1.32. The summed E-state index contributed by atoms with van der Waals surface area (Å²) in [7, 11) is 3.51. The number of rotatable bonds is 3. The van der Waals surface area contributed by atoms with Gasteiger partial charge in [-0.15, -0.1) is 5.10 Å². The summed E-state index contributed by atoms with van der Waals surface area (Å²) in [6.07, 6.45) is 1.75. The van der Waals surface area contributed by atoms with E-state index in [-0.39, 0.29) is 0 Å². The lowest BCUT2D eigenvalue weighted by molar-refractivity contribution is 0.396. The van der Waals surface area contributed by atoms with Crippen LogP contribution in [0.3, 0.4) is 0 Å². The summed E-state index contributed by atoms with van der Waals surface area (Å²) in [6, 6.07) is 9.77. The quantitative estimate of drug-likeness (QED) is 0.607. The van der Waals surface area contributed by atoms with Crippen molar-refractivity contribution in [2.75, 3.05) is 12.4 Å². The first-order valence-electron chi connectivity index (χ1n) is 6.83. The molecular weight excluding hydrogens is 280 g/mol. The van der Waals surface area contributed by atoms with E-state index in [1.165, 1.54) is 0 Å². The summed E-state index contributed by atoms with van der Waals surface area (Å²) < 4.78 is 7.06. The smallest absolute Gasteiger partial charge is 0.240 e. The van der Waals surface area contributed by atoms with Crippen LogP contribution in [0.5, 0.6) is 5.88 Å². The van der Waals surface area contributed by atoms with E-state index < -0.39 is 0 Å². The van der Waals surface area contributed by atoms with Crippen LogP contribution in [-0.2, 0) is 7.05 Å². The van der Waals surface area contributed by atoms with E-state index in [1.54, 1.807) is 18.0 Å². The van der Waals surface area contributed by atoms with E-state index in [2.05, 4.69) is 25.6 Å². The van der Waals surface area contributed by atoms with Crippen molar-refractivity contribution in [1.29, 1.82) is 0 Å². The molecule has 0 aliphatic carbocycles. The molecule has 0 amide bonds. The van der Waals surface area contributed by atoms with Gasteiger partial charge in [0.1, 0.15) is 5.52 Å². The average Bonchev–Trinajstić information content (AvgIpc) is 3.09. The van der Waals surface area contributed by atoms with Crippen molar-refractivity contribution in [3.63, 3.8) is 0 Å². The normalized spacial score (nSPS) is 11.2. The molecule has 7 nitrogen and oxygen atoms in total. The van der Waals surface area contributed by atoms with Gasteiger partial charge < -0.3 is 10.1 Å². The van der Waals surface area contributed by atoms with Crippen molar-refractivity contribution in [3.8, 4) is 5.88 Å². The number of aromatic amines is 1. The number of aryl methyl sites for hydroxylation is 1. The molecule has 0 saturated carbocycles. The molecule has 0 saturated heterocycles. The third-order valence-electron chi connectivity index (χ3n) is 3.59. The number of H-pyrrole nitrogens is 1. The predicted molar refractivity (Wildman–Crippen MR) is 84.4 cm³/mol. The molecule has 110 valence electrons. The average molecular weight is 294 g/mol. The summed E-state index contributed by atoms with van der Waals surface area (Å²) in [5, 5.41) is 15.8. The molecule has 7 heteroatoms. The molecule has 4 rings (SSSR count). The summed E-state index contributed by atoms with van der Waals surface area (Å²) in [6.45, 7) is 0. The minimum absolute atomic E-state index is 0.621. The van der Waals surface area contributed by atoms with Gasteiger partial charge in [0, 0.05) is 18.9 Å². The number of ether oxygens (including phenoxy) is 1. The van der Waals surface area contributed by atoms with Gasteiger partial charge >= 0.3 is 0 Å². The first kappa shape index (κ1) is 12.6. The van der Waals surface area contributed by atoms with Gasteiger partial charge in [0.2, 0.25) is 5.88 Å². The second-order valence-corrected chi connectivity index (χ2v) is 4.96. The highest BCUT2D eigenvalue weighted by Gasteiger charge is 2.11. The second-order valence-electron chi connectivity index (χ2n) is 4.96. The fourth-order valence-electron chi connectivity index (χ4n) is 2.53. The Labute approximate surface area is 125 Å². The fraction of sp³-hybridized carbons (Fsp3) is 0.133. The van der Waals surface area contributed by atoms with E-state index in [4.69, 9.17) is 4.74 Å². The van der Waals surface area contributed by atoms with Gasteiger partial charge in [-0.2, -0.15) is 5.10 Å². The van der Waals surface area contributed by atoms with Gasteiger partial charge in [-0.05, 0) is 30.3 Å². The summed E-state index contributed by atoms with van der Waals surface area (Å²) in [4.78, 5) is 4.34. The molecule has 1 aromatic carbocycles. The molecule has 3 aromatic heterocycles. The monoisotopic (exact) mass is 294 g/mol. The Bertz CT molecular complexity index is 971. The van der Waals surface area contributed by atoms with Crippen molar-refractivity contribution < 1.29 is 4.74 Å². The lowest BCUT2D eigenvalue weighted by Crippen LogP contribution is -1.94. The van der Waals surface area contributed by atoms with Crippen LogP contribution >= 0.6 is 0 Å². The van der Waals surface area contributed by atoms with Crippen LogP contribution in [0.25, 0.3) is 21.9 Å². The minimum Gasteiger partial charge on any atom is -0.479 e. The van der Waals surface area contributed by atoms with Gasteiger partial charge in [0.05, 0.1) is 23.5 Å². The Kier molecular flexibility index (Phi) is 2.72. The largest absolute Gasteiger partial charge is 0.479 e. The van der Waals surface area contributed by atoms with E-state index in [0.29, 0.717) is 11.7 Å². The van der Waals surface area contributed by atoms with Crippen molar-refractivity contribution in [2.24, 2.45) is 7.05 Å². The number of nitrogens with zero attached hydrogens (tertiary/aromatic N) is 4. The molecule has 0 atom stereocenters. The molecule has 4 aromatic rings. The molecular formula is C15H14N6O. The van der Waals surface area contributed by atoms with E-state index in [9.17, 15) is 0 Å². The number of nitrogens with one attached hydrogen (secondary N) is 2. The van der Waals surface area contributed by atoms with Crippen LogP contribution < -0.4 is 10.1 Å². The first-order valence-corrected chi connectivity index (χ1v) is 6.83. The highest BCUT2D eigenvalue weighted by Crippen LogP contribution is 2.29. The van der Waals surface area contributed by atoms with Gasteiger partial charge in [-0.3, -0.25) is 14.8 Å². The highest BCUT2D eigenvalue weighted by molar-refractivity contribution is 5.91. The first-order chi connectivity index (χ1) is 10.8. The SMILES string of the molecule is COc1nn(C)c2cc(Nc3n[nH]c4cccnc34)ccc12. The Morgan fingerprint density at radius 1 is 1.27 bits per heavy atom. The Morgan fingerprint density at radius 2 is 2.18 bits per heavy atom. The molecule has 2 N–H and O–H groups in total. The van der Waals surface area contributed by atoms with E-state index in [0.717, 1.165) is 27.6 Å². The number of aromatic nitrogens is 5. The lowest BCUT2D eigenvalue weighted by atomic mass is 10.2.